The Balaban J connectivity index is 1.81. The minimum atomic E-state index is 0.187. The molecule has 1 heterocycles. The van der Waals surface area contributed by atoms with Crippen LogP contribution in [-0.2, 0) is 0 Å². The van der Waals surface area contributed by atoms with E-state index < -0.39 is 0 Å². The number of aryl methyl sites for hydroxylation is 1. The van der Waals surface area contributed by atoms with Crippen molar-refractivity contribution in [3.05, 3.63) is 46.0 Å². The van der Waals surface area contributed by atoms with Gasteiger partial charge in [0, 0.05) is 29.8 Å². The number of allylic oxidation sites excluding steroid dienone is 1. The molecule has 1 fully saturated rings. The maximum Gasteiger partial charge on any atom is 0.123 e. The number of rotatable bonds is 4. The summed E-state index contributed by atoms with van der Waals surface area (Å²) in [6.45, 7) is 8.93. The fraction of sp³-hybridized carbons (Fsp3) is 0.550. The molecule has 1 aromatic rings. The fourth-order valence-corrected chi connectivity index (χ4v) is 5.54. The highest BCUT2D eigenvalue weighted by Gasteiger charge is 2.26. The van der Waals surface area contributed by atoms with Crippen molar-refractivity contribution in [3.63, 3.8) is 0 Å². The maximum atomic E-state index is 7.89. The second-order valence-electron chi connectivity index (χ2n) is 7.21. The van der Waals surface area contributed by atoms with E-state index in [4.69, 9.17) is 11.1 Å². The van der Waals surface area contributed by atoms with Gasteiger partial charge in [0.25, 0.3) is 0 Å². The van der Waals surface area contributed by atoms with Crippen LogP contribution in [0.1, 0.15) is 60.8 Å². The number of benzene rings is 1. The van der Waals surface area contributed by atoms with Crippen LogP contribution in [0, 0.1) is 19.3 Å². The number of hydrogen-bond donors (Lipinski definition) is 2. The quantitative estimate of drug-likeness (QED) is 0.366. The molecule has 130 valence electrons. The third-order valence-corrected chi connectivity index (χ3v) is 6.75. The van der Waals surface area contributed by atoms with Crippen LogP contribution in [0.25, 0.3) is 0 Å². The summed E-state index contributed by atoms with van der Waals surface area (Å²) < 4.78 is 2.54. The molecule has 0 aromatic heterocycles. The van der Waals surface area contributed by atoms with E-state index >= 15 is 0 Å². The van der Waals surface area contributed by atoms with Gasteiger partial charge >= 0.3 is 0 Å². The predicted octanol–water partition coefficient (Wildman–Crippen LogP) is 4.52. The highest BCUT2D eigenvalue weighted by Crippen LogP contribution is 2.40. The zero-order chi connectivity index (χ0) is 17.3. The number of hydrogen-bond acceptors (Lipinski definition) is 3. The van der Waals surface area contributed by atoms with Gasteiger partial charge in [0.1, 0.15) is 5.84 Å². The van der Waals surface area contributed by atoms with Crippen LogP contribution >= 0.6 is 11.9 Å². The molecule has 1 aliphatic heterocycles. The van der Waals surface area contributed by atoms with Gasteiger partial charge in [0.2, 0.25) is 0 Å². The first-order valence-corrected chi connectivity index (χ1v) is 9.85. The third kappa shape index (κ3) is 3.55. The molecule has 0 spiro atoms. The van der Waals surface area contributed by atoms with Gasteiger partial charge in [0.05, 0.1) is 0 Å². The van der Waals surface area contributed by atoms with Crippen LogP contribution < -0.4 is 5.73 Å². The molecule has 0 saturated carbocycles. The highest BCUT2D eigenvalue weighted by atomic mass is 32.2. The Morgan fingerprint density at radius 1 is 1.17 bits per heavy atom. The molecular formula is C20H29N3S. The second kappa shape index (κ2) is 7.32. The lowest BCUT2D eigenvalue weighted by atomic mass is 9.79. The number of nitrogen functional groups attached to an aromatic ring is 1. The first kappa shape index (κ1) is 17.6. The van der Waals surface area contributed by atoms with Crippen molar-refractivity contribution in [2.45, 2.75) is 57.6 Å². The Bertz CT molecular complexity index is 659. The standard InChI is InChI=1S/C20H29N3S/c1-13-6-8-18(15(3)19(13)20(21)22)17-9-7-16(12-14(17)2)24-23-10-4-5-11-23/h6,8,12,16-17H,4-5,7,9-11H2,1-3H3,(H3,21,22). The SMILES string of the molecule is CC1=CC(SN2CCCC2)CCC1c1ccc(C)c(C(=N)N)c1C. The van der Waals surface area contributed by atoms with E-state index in [1.54, 1.807) is 0 Å². The molecule has 1 aromatic carbocycles. The van der Waals surface area contributed by atoms with Gasteiger partial charge in [-0.15, -0.1) is 0 Å². The summed E-state index contributed by atoms with van der Waals surface area (Å²) in [6, 6.07) is 4.37. The Hall–Kier alpha value is -1.26. The average molecular weight is 344 g/mol. The molecular weight excluding hydrogens is 314 g/mol. The first-order chi connectivity index (χ1) is 11.5. The Kier molecular flexibility index (Phi) is 5.36. The van der Waals surface area contributed by atoms with Crippen LogP contribution in [-0.4, -0.2) is 28.5 Å². The van der Waals surface area contributed by atoms with Crippen LogP contribution in [0.3, 0.4) is 0 Å². The largest absolute Gasteiger partial charge is 0.384 e. The van der Waals surface area contributed by atoms with Crippen molar-refractivity contribution >= 4 is 17.8 Å². The normalized spacial score (nSPS) is 24.9. The summed E-state index contributed by atoms with van der Waals surface area (Å²) in [7, 11) is 0. The van der Waals surface area contributed by atoms with Crippen molar-refractivity contribution in [2.24, 2.45) is 5.73 Å². The highest BCUT2D eigenvalue weighted by molar-refractivity contribution is 7.97. The number of nitrogens with two attached hydrogens (primary N) is 1. The van der Waals surface area contributed by atoms with Crippen molar-refractivity contribution in [1.29, 1.82) is 5.41 Å². The Morgan fingerprint density at radius 2 is 1.88 bits per heavy atom. The summed E-state index contributed by atoms with van der Waals surface area (Å²) in [5.74, 6) is 0.658. The zero-order valence-electron chi connectivity index (χ0n) is 15.1. The van der Waals surface area contributed by atoms with Gasteiger partial charge in [-0.05, 0) is 63.1 Å². The lowest BCUT2D eigenvalue weighted by Gasteiger charge is -2.30. The molecule has 3 N–H and O–H groups in total. The number of nitrogens with zero attached hydrogens (tertiary/aromatic N) is 1. The van der Waals surface area contributed by atoms with Gasteiger partial charge in [-0.1, -0.05) is 35.7 Å². The summed E-state index contributed by atoms with van der Waals surface area (Å²) in [6.07, 6.45) is 7.59. The van der Waals surface area contributed by atoms with Gasteiger partial charge in [0.15, 0.2) is 0 Å². The predicted molar refractivity (Wildman–Crippen MR) is 105 cm³/mol. The van der Waals surface area contributed by atoms with Crippen molar-refractivity contribution in [3.8, 4) is 0 Å². The average Bonchev–Trinajstić information content (AvgIpc) is 3.01. The van der Waals surface area contributed by atoms with Crippen molar-refractivity contribution in [1.82, 2.24) is 4.31 Å². The smallest absolute Gasteiger partial charge is 0.123 e. The van der Waals surface area contributed by atoms with E-state index in [0.717, 1.165) is 11.1 Å². The van der Waals surface area contributed by atoms with Gasteiger partial charge in [-0.25, -0.2) is 0 Å². The number of amidine groups is 1. The third-order valence-electron chi connectivity index (χ3n) is 5.45. The molecule has 2 aliphatic rings. The Labute approximate surface area is 150 Å². The minimum Gasteiger partial charge on any atom is -0.384 e. The molecule has 1 aliphatic carbocycles. The van der Waals surface area contributed by atoms with Crippen LogP contribution in [0.15, 0.2) is 23.8 Å². The van der Waals surface area contributed by atoms with E-state index in [1.165, 1.54) is 55.5 Å². The monoisotopic (exact) mass is 343 g/mol. The summed E-state index contributed by atoms with van der Waals surface area (Å²) in [4.78, 5) is 0. The number of nitrogens with one attached hydrogen (secondary N) is 1. The summed E-state index contributed by atoms with van der Waals surface area (Å²) >= 11 is 2.05. The molecule has 24 heavy (non-hydrogen) atoms. The fourth-order valence-electron chi connectivity index (χ4n) is 4.18. The molecule has 4 heteroatoms. The van der Waals surface area contributed by atoms with E-state index in [2.05, 4.69) is 36.4 Å². The summed E-state index contributed by atoms with van der Waals surface area (Å²) in [5, 5.41) is 8.51. The molecule has 0 bridgehead atoms. The zero-order valence-corrected chi connectivity index (χ0v) is 15.9. The molecule has 2 atom stereocenters. The lowest BCUT2D eigenvalue weighted by Crippen LogP contribution is -2.21. The lowest BCUT2D eigenvalue weighted by molar-refractivity contribution is 0.568. The van der Waals surface area contributed by atoms with Gasteiger partial charge in [-0.2, -0.15) is 0 Å². The molecule has 1 saturated heterocycles. The van der Waals surface area contributed by atoms with Crippen molar-refractivity contribution in [2.75, 3.05) is 13.1 Å². The molecule has 0 amide bonds. The molecule has 2 unspecified atom stereocenters. The van der Waals surface area contributed by atoms with Gasteiger partial charge < -0.3 is 5.73 Å². The second-order valence-corrected chi connectivity index (χ2v) is 8.54. The molecule has 3 rings (SSSR count). The van der Waals surface area contributed by atoms with E-state index in [0.29, 0.717) is 11.2 Å². The van der Waals surface area contributed by atoms with E-state index in [-0.39, 0.29) is 5.84 Å². The topological polar surface area (TPSA) is 53.1 Å². The van der Waals surface area contributed by atoms with Crippen molar-refractivity contribution < 1.29 is 0 Å². The van der Waals surface area contributed by atoms with Crippen LogP contribution in [0.2, 0.25) is 0 Å². The first-order valence-electron chi connectivity index (χ1n) is 9.02. The maximum absolute atomic E-state index is 7.89. The van der Waals surface area contributed by atoms with Gasteiger partial charge in [-0.3, -0.25) is 9.71 Å². The minimum absolute atomic E-state index is 0.187. The Morgan fingerprint density at radius 3 is 2.50 bits per heavy atom. The molecule has 0 radical (unpaired) electrons. The van der Waals surface area contributed by atoms with Crippen LogP contribution in [0.5, 0.6) is 0 Å². The van der Waals surface area contributed by atoms with Crippen LogP contribution in [0.4, 0.5) is 0 Å². The summed E-state index contributed by atoms with van der Waals surface area (Å²) in [5.41, 5.74) is 11.9. The van der Waals surface area contributed by atoms with E-state index in [9.17, 15) is 0 Å². The van der Waals surface area contributed by atoms with E-state index in [1.807, 2.05) is 18.9 Å². The molecule has 3 nitrogen and oxygen atoms in total.